The van der Waals surface area contributed by atoms with Crippen molar-refractivity contribution in [3.63, 3.8) is 0 Å². The molecule has 2 aromatic rings. The summed E-state index contributed by atoms with van der Waals surface area (Å²) in [5, 5.41) is 4.19. The van der Waals surface area contributed by atoms with Crippen LogP contribution in [0.25, 0.3) is 0 Å². The minimum absolute atomic E-state index is 0.826. The second-order valence-electron chi connectivity index (χ2n) is 3.25. The van der Waals surface area contributed by atoms with Crippen molar-refractivity contribution in [2.24, 2.45) is 0 Å². The number of pyridine rings is 1. The van der Waals surface area contributed by atoms with E-state index in [1.54, 1.807) is 18.0 Å². The van der Waals surface area contributed by atoms with Gasteiger partial charge in [-0.25, -0.2) is 4.98 Å². The van der Waals surface area contributed by atoms with Crippen molar-refractivity contribution in [2.45, 2.75) is 17.8 Å². The van der Waals surface area contributed by atoms with Gasteiger partial charge in [0.15, 0.2) is 5.16 Å². The summed E-state index contributed by atoms with van der Waals surface area (Å²) in [4.78, 5) is 11.5. The summed E-state index contributed by atoms with van der Waals surface area (Å²) in [7, 11) is 0. The van der Waals surface area contributed by atoms with Crippen LogP contribution < -0.4 is 5.32 Å². The molecule has 0 unspecified atom stereocenters. The Morgan fingerprint density at radius 1 is 1.38 bits per heavy atom. The minimum atomic E-state index is 0.826. The van der Waals surface area contributed by atoms with Gasteiger partial charge in [-0.2, -0.15) is 0 Å². The molecule has 0 radical (unpaired) electrons. The maximum atomic E-state index is 4.32. The van der Waals surface area contributed by atoms with E-state index in [9.17, 15) is 0 Å². The molecule has 0 aliphatic rings. The topological polar surface area (TPSA) is 53.6 Å². The maximum absolute atomic E-state index is 4.32. The molecule has 0 bridgehead atoms. The Kier molecular flexibility index (Phi) is 3.82. The Labute approximate surface area is 98.9 Å². The van der Waals surface area contributed by atoms with Crippen LogP contribution in [0.2, 0.25) is 0 Å². The standard InChI is InChI=1S/C11H14N4S/c1-2-12-9-3-4-13-10(7-9)8-16-11-14-5-6-15-11/h3-7H,2,8H2,1H3,(H,12,13)(H,14,15). The van der Waals surface area contributed by atoms with Gasteiger partial charge in [-0.3, -0.25) is 4.98 Å². The van der Waals surface area contributed by atoms with Crippen LogP contribution in [-0.2, 0) is 5.75 Å². The minimum Gasteiger partial charge on any atom is -0.385 e. The van der Waals surface area contributed by atoms with Gasteiger partial charge < -0.3 is 10.3 Å². The van der Waals surface area contributed by atoms with Crippen LogP contribution in [0.3, 0.4) is 0 Å². The average molecular weight is 234 g/mol. The second-order valence-corrected chi connectivity index (χ2v) is 4.21. The van der Waals surface area contributed by atoms with Crippen LogP contribution in [0.5, 0.6) is 0 Å². The zero-order valence-electron chi connectivity index (χ0n) is 9.10. The molecule has 0 aliphatic carbocycles. The van der Waals surface area contributed by atoms with E-state index >= 15 is 0 Å². The number of nitrogens with zero attached hydrogens (tertiary/aromatic N) is 2. The number of aromatic amines is 1. The number of H-pyrrole nitrogens is 1. The van der Waals surface area contributed by atoms with Gasteiger partial charge in [0.05, 0.1) is 5.69 Å². The van der Waals surface area contributed by atoms with Crippen molar-refractivity contribution in [1.29, 1.82) is 0 Å². The third-order valence-corrected chi connectivity index (χ3v) is 2.96. The van der Waals surface area contributed by atoms with Crippen LogP contribution >= 0.6 is 11.8 Å². The smallest absolute Gasteiger partial charge is 0.165 e. The molecule has 0 aliphatic heterocycles. The molecule has 0 spiro atoms. The summed E-state index contributed by atoms with van der Waals surface area (Å²) in [6, 6.07) is 4.05. The van der Waals surface area contributed by atoms with Crippen LogP contribution in [0, 0.1) is 0 Å². The number of imidazole rings is 1. The van der Waals surface area contributed by atoms with Crippen LogP contribution in [0.4, 0.5) is 5.69 Å². The molecule has 16 heavy (non-hydrogen) atoms. The van der Waals surface area contributed by atoms with E-state index in [-0.39, 0.29) is 0 Å². The molecular formula is C11H14N4S. The first-order valence-corrected chi connectivity index (χ1v) is 6.18. The number of thioether (sulfide) groups is 1. The molecule has 2 rings (SSSR count). The van der Waals surface area contributed by atoms with E-state index in [2.05, 4.69) is 33.3 Å². The van der Waals surface area contributed by atoms with Gasteiger partial charge in [-0.1, -0.05) is 11.8 Å². The maximum Gasteiger partial charge on any atom is 0.165 e. The largest absolute Gasteiger partial charge is 0.385 e. The Balaban J connectivity index is 1.96. The van der Waals surface area contributed by atoms with Crippen molar-refractivity contribution in [3.8, 4) is 0 Å². The molecule has 2 heterocycles. The molecule has 2 N–H and O–H groups in total. The third-order valence-electron chi connectivity index (χ3n) is 2.03. The fraction of sp³-hybridized carbons (Fsp3) is 0.273. The predicted octanol–water partition coefficient (Wildman–Crippen LogP) is 2.53. The normalized spacial score (nSPS) is 10.3. The van der Waals surface area contributed by atoms with Crippen LogP contribution in [0.1, 0.15) is 12.6 Å². The molecule has 0 saturated carbocycles. The van der Waals surface area contributed by atoms with E-state index in [1.807, 2.05) is 18.5 Å². The van der Waals surface area contributed by atoms with Gasteiger partial charge in [-0.15, -0.1) is 0 Å². The van der Waals surface area contributed by atoms with Crippen molar-refractivity contribution in [1.82, 2.24) is 15.0 Å². The predicted molar refractivity (Wildman–Crippen MR) is 66.5 cm³/mol. The number of hydrogen-bond donors (Lipinski definition) is 2. The summed E-state index contributed by atoms with van der Waals surface area (Å²) < 4.78 is 0. The monoisotopic (exact) mass is 234 g/mol. The number of rotatable bonds is 5. The van der Waals surface area contributed by atoms with E-state index in [0.717, 1.165) is 28.8 Å². The Hall–Kier alpha value is -1.49. The average Bonchev–Trinajstić information content (AvgIpc) is 2.80. The fourth-order valence-corrected chi connectivity index (χ4v) is 2.07. The molecule has 0 amide bonds. The fourth-order valence-electron chi connectivity index (χ4n) is 1.34. The lowest BCUT2D eigenvalue weighted by Crippen LogP contribution is -1.97. The van der Waals surface area contributed by atoms with Gasteiger partial charge in [0.2, 0.25) is 0 Å². The lowest BCUT2D eigenvalue weighted by molar-refractivity contribution is 1.05. The van der Waals surface area contributed by atoms with Gasteiger partial charge in [0.1, 0.15) is 0 Å². The van der Waals surface area contributed by atoms with Crippen LogP contribution in [-0.4, -0.2) is 21.5 Å². The summed E-state index contributed by atoms with van der Waals surface area (Å²) >= 11 is 1.65. The number of anilines is 1. The second kappa shape index (κ2) is 5.55. The highest BCUT2D eigenvalue weighted by atomic mass is 32.2. The lowest BCUT2D eigenvalue weighted by Gasteiger charge is -2.04. The molecule has 0 saturated heterocycles. The van der Waals surface area contributed by atoms with Crippen molar-refractivity contribution in [2.75, 3.05) is 11.9 Å². The van der Waals surface area contributed by atoms with E-state index in [4.69, 9.17) is 0 Å². The molecule has 4 nitrogen and oxygen atoms in total. The molecule has 0 aromatic carbocycles. The first kappa shape index (κ1) is 11.0. The highest BCUT2D eigenvalue weighted by Gasteiger charge is 2.00. The summed E-state index contributed by atoms with van der Waals surface area (Å²) in [5.74, 6) is 0.826. The van der Waals surface area contributed by atoms with Gasteiger partial charge >= 0.3 is 0 Å². The highest BCUT2D eigenvalue weighted by Crippen LogP contribution is 2.19. The third kappa shape index (κ3) is 3.00. The first-order chi connectivity index (χ1) is 7.88. The van der Waals surface area contributed by atoms with E-state index < -0.39 is 0 Å². The van der Waals surface area contributed by atoms with Crippen LogP contribution in [0.15, 0.2) is 35.9 Å². The van der Waals surface area contributed by atoms with Crippen molar-refractivity contribution in [3.05, 3.63) is 36.4 Å². The molecular weight excluding hydrogens is 220 g/mol. The van der Waals surface area contributed by atoms with Crippen molar-refractivity contribution < 1.29 is 0 Å². The zero-order chi connectivity index (χ0) is 11.2. The summed E-state index contributed by atoms with van der Waals surface area (Å²) in [5.41, 5.74) is 2.17. The van der Waals surface area contributed by atoms with Gasteiger partial charge in [-0.05, 0) is 19.1 Å². The molecule has 0 fully saturated rings. The van der Waals surface area contributed by atoms with Gasteiger partial charge in [0.25, 0.3) is 0 Å². The Morgan fingerprint density at radius 2 is 2.31 bits per heavy atom. The zero-order valence-corrected chi connectivity index (χ0v) is 9.92. The molecule has 84 valence electrons. The van der Waals surface area contributed by atoms with Gasteiger partial charge in [0, 0.05) is 36.6 Å². The Morgan fingerprint density at radius 3 is 3.06 bits per heavy atom. The van der Waals surface area contributed by atoms with E-state index in [0.29, 0.717) is 0 Å². The number of hydrogen-bond acceptors (Lipinski definition) is 4. The Bertz CT molecular complexity index is 427. The van der Waals surface area contributed by atoms with E-state index in [1.165, 1.54) is 0 Å². The molecule has 2 aromatic heterocycles. The summed E-state index contributed by atoms with van der Waals surface area (Å²) in [6.45, 7) is 3.01. The highest BCUT2D eigenvalue weighted by molar-refractivity contribution is 7.98. The van der Waals surface area contributed by atoms with Crippen molar-refractivity contribution >= 4 is 17.4 Å². The SMILES string of the molecule is CCNc1ccnc(CSc2ncc[nH]2)c1. The number of nitrogens with one attached hydrogen (secondary N) is 2. The molecule has 5 heteroatoms. The number of aromatic nitrogens is 3. The quantitative estimate of drug-likeness (QED) is 0.781. The lowest BCUT2D eigenvalue weighted by atomic mass is 10.3. The molecule has 0 atom stereocenters. The summed E-state index contributed by atoms with van der Waals surface area (Å²) in [6.07, 6.45) is 5.41. The first-order valence-electron chi connectivity index (χ1n) is 5.19.